The number of rotatable bonds is 5. The van der Waals surface area contributed by atoms with Gasteiger partial charge in [0.05, 0.1) is 11.7 Å². The van der Waals surface area contributed by atoms with E-state index in [0.29, 0.717) is 5.92 Å². The van der Waals surface area contributed by atoms with Crippen LogP contribution in [0.1, 0.15) is 48.0 Å². The van der Waals surface area contributed by atoms with Crippen LogP contribution in [0.3, 0.4) is 0 Å². The molecule has 0 radical (unpaired) electrons. The smallest absolute Gasteiger partial charge is 0.243 e. The minimum absolute atomic E-state index is 0.101. The van der Waals surface area contributed by atoms with Gasteiger partial charge in [0.1, 0.15) is 0 Å². The van der Waals surface area contributed by atoms with E-state index in [1.807, 2.05) is 23.6 Å². The lowest BCUT2D eigenvalue weighted by Crippen LogP contribution is -2.46. The summed E-state index contributed by atoms with van der Waals surface area (Å²) in [4.78, 5) is 14.7. The maximum Gasteiger partial charge on any atom is 0.243 e. The van der Waals surface area contributed by atoms with Gasteiger partial charge in [-0.2, -0.15) is 11.8 Å². The number of nitrogens with zero attached hydrogens (tertiary/aromatic N) is 1. The average molecular weight is 272 g/mol. The first-order valence-electron chi connectivity index (χ1n) is 6.81. The van der Waals surface area contributed by atoms with Gasteiger partial charge in [0.25, 0.3) is 0 Å². The van der Waals surface area contributed by atoms with E-state index in [-0.39, 0.29) is 22.4 Å². The van der Waals surface area contributed by atoms with Crippen molar-refractivity contribution in [3.05, 3.63) is 0 Å². The Morgan fingerprint density at radius 3 is 2.44 bits per heavy atom. The molecule has 1 rings (SSSR count). The molecule has 18 heavy (non-hydrogen) atoms. The summed E-state index contributed by atoms with van der Waals surface area (Å²) in [7, 11) is 0. The van der Waals surface area contributed by atoms with E-state index >= 15 is 0 Å². The Balaban J connectivity index is 2.96. The molecule has 1 aliphatic rings. The van der Waals surface area contributed by atoms with Crippen LogP contribution in [0.2, 0.25) is 0 Å². The second kappa shape index (κ2) is 5.41. The fourth-order valence-corrected chi connectivity index (χ4v) is 2.60. The minimum atomic E-state index is -0.385. The second-order valence-corrected chi connectivity index (χ2v) is 7.93. The molecule has 3 nitrogen and oxygen atoms in total. The maximum atomic E-state index is 12.6. The fourth-order valence-electron chi connectivity index (χ4n) is 2.33. The van der Waals surface area contributed by atoms with Crippen molar-refractivity contribution in [2.45, 2.75) is 64.4 Å². The fraction of sp³-hybridized carbons (Fsp3) is 0.929. The van der Waals surface area contributed by atoms with Crippen molar-refractivity contribution in [1.82, 2.24) is 10.2 Å². The van der Waals surface area contributed by atoms with Gasteiger partial charge in [0.2, 0.25) is 5.91 Å². The molecule has 0 aromatic heterocycles. The first-order valence-corrected chi connectivity index (χ1v) is 8.03. The lowest BCUT2D eigenvalue weighted by atomic mass is 9.99. The van der Waals surface area contributed by atoms with Crippen LogP contribution in [0.5, 0.6) is 0 Å². The number of carbonyl (C=O) groups excluding carboxylic acids is 1. The Morgan fingerprint density at radius 2 is 2.06 bits per heavy atom. The van der Waals surface area contributed by atoms with Gasteiger partial charge in [-0.25, -0.2) is 0 Å². The van der Waals surface area contributed by atoms with E-state index in [1.54, 1.807) is 0 Å². The normalized spacial score (nSPS) is 29.4. The second-order valence-electron chi connectivity index (χ2n) is 6.42. The van der Waals surface area contributed by atoms with Crippen LogP contribution in [-0.2, 0) is 4.79 Å². The number of thioether (sulfide) groups is 1. The highest BCUT2D eigenvalue weighted by molar-refractivity contribution is 7.99. The summed E-state index contributed by atoms with van der Waals surface area (Å²) < 4.78 is 0.101. The molecular formula is C14H28N2OS. The lowest BCUT2D eigenvalue weighted by molar-refractivity contribution is -0.133. The molecule has 1 aliphatic heterocycles. The molecule has 4 heteroatoms. The third-order valence-corrected chi connectivity index (χ3v) is 5.21. The van der Waals surface area contributed by atoms with Gasteiger partial charge in [-0.3, -0.25) is 10.1 Å². The quantitative estimate of drug-likeness (QED) is 0.835. The molecule has 1 fully saturated rings. The number of hydrogen-bond donors (Lipinski definition) is 1. The van der Waals surface area contributed by atoms with Crippen LogP contribution in [-0.4, -0.2) is 40.1 Å². The number of carbonyl (C=O) groups is 1. The number of hydrogen-bond acceptors (Lipinski definition) is 3. The van der Waals surface area contributed by atoms with Crippen molar-refractivity contribution < 1.29 is 4.79 Å². The van der Waals surface area contributed by atoms with Crippen LogP contribution in [0.4, 0.5) is 0 Å². The van der Waals surface area contributed by atoms with Gasteiger partial charge >= 0.3 is 0 Å². The topological polar surface area (TPSA) is 32.3 Å². The van der Waals surface area contributed by atoms with Crippen molar-refractivity contribution in [3.8, 4) is 0 Å². The molecule has 106 valence electrons. The Morgan fingerprint density at radius 1 is 1.50 bits per heavy atom. The molecule has 0 bridgehead atoms. The maximum absolute atomic E-state index is 12.6. The van der Waals surface area contributed by atoms with E-state index in [9.17, 15) is 4.79 Å². The van der Waals surface area contributed by atoms with Crippen LogP contribution < -0.4 is 5.32 Å². The standard InChI is InChI=1S/C14H28N2OS/c1-8-14(6)12(17)16(9-13(4,5)18-7)11(15-14)10(2)3/h10-11,15H,8-9H2,1-7H3. The first kappa shape index (κ1) is 15.8. The molecule has 0 spiro atoms. The largest absolute Gasteiger partial charge is 0.324 e. The highest BCUT2D eigenvalue weighted by Crippen LogP contribution is 2.31. The minimum Gasteiger partial charge on any atom is -0.324 e. The van der Waals surface area contributed by atoms with E-state index in [1.165, 1.54) is 0 Å². The van der Waals surface area contributed by atoms with Gasteiger partial charge in [-0.1, -0.05) is 20.8 Å². The summed E-state index contributed by atoms with van der Waals surface area (Å²) in [6.45, 7) is 13.6. The molecular weight excluding hydrogens is 244 g/mol. The highest BCUT2D eigenvalue weighted by atomic mass is 32.2. The molecule has 0 aromatic rings. The summed E-state index contributed by atoms with van der Waals surface area (Å²) in [5.74, 6) is 0.686. The van der Waals surface area contributed by atoms with Crippen molar-refractivity contribution in [3.63, 3.8) is 0 Å². The van der Waals surface area contributed by atoms with Crippen LogP contribution >= 0.6 is 11.8 Å². The summed E-state index contributed by atoms with van der Waals surface area (Å²) >= 11 is 1.82. The monoisotopic (exact) mass is 272 g/mol. The van der Waals surface area contributed by atoms with Crippen LogP contribution in [0.15, 0.2) is 0 Å². The Kier molecular flexibility index (Phi) is 4.76. The van der Waals surface area contributed by atoms with E-state index in [4.69, 9.17) is 0 Å². The number of amides is 1. The van der Waals surface area contributed by atoms with E-state index in [2.05, 4.69) is 46.2 Å². The molecule has 1 amide bonds. The molecule has 2 unspecified atom stereocenters. The van der Waals surface area contributed by atoms with Crippen LogP contribution in [0, 0.1) is 5.92 Å². The third kappa shape index (κ3) is 3.02. The zero-order chi connectivity index (χ0) is 14.1. The van der Waals surface area contributed by atoms with Crippen molar-refractivity contribution in [2.24, 2.45) is 5.92 Å². The number of nitrogens with one attached hydrogen (secondary N) is 1. The summed E-state index contributed by atoms with van der Waals surface area (Å²) in [5, 5.41) is 3.53. The molecule has 1 N–H and O–H groups in total. The summed E-state index contributed by atoms with van der Waals surface area (Å²) in [6, 6.07) is 0. The first-order chi connectivity index (χ1) is 8.17. The molecule has 2 atom stereocenters. The predicted octanol–water partition coefficient (Wildman–Crippen LogP) is 2.71. The molecule has 0 saturated carbocycles. The van der Waals surface area contributed by atoms with Gasteiger partial charge in [0.15, 0.2) is 0 Å². The molecule has 1 heterocycles. The zero-order valence-electron chi connectivity index (χ0n) is 12.8. The van der Waals surface area contributed by atoms with Gasteiger partial charge in [0, 0.05) is 11.3 Å². The SMILES string of the molecule is CCC1(C)NC(C(C)C)N(CC(C)(C)SC)C1=O. The van der Waals surface area contributed by atoms with Crippen LogP contribution in [0.25, 0.3) is 0 Å². The average Bonchev–Trinajstić information content (AvgIpc) is 2.55. The van der Waals surface area contributed by atoms with E-state index in [0.717, 1.165) is 13.0 Å². The van der Waals surface area contributed by atoms with Crippen molar-refractivity contribution in [2.75, 3.05) is 12.8 Å². The summed E-state index contributed by atoms with van der Waals surface area (Å²) in [5.41, 5.74) is -0.385. The molecule has 0 aromatic carbocycles. The zero-order valence-corrected chi connectivity index (χ0v) is 13.6. The van der Waals surface area contributed by atoms with E-state index < -0.39 is 0 Å². The van der Waals surface area contributed by atoms with Gasteiger partial charge in [-0.05, 0) is 39.4 Å². The highest BCUT2D eigenvalue weighted by Gasteiger charge is 2.48. The molecule has 1 saturated heterocycles. The Hall–Kier alpha value is -0.220. The van der Waals surface area contributed by atoms with Gasteiger partial charge in [-0.15, -0.1) is 0 Å². The van der Waals surface area contributed by atoms with Crippen molar-refractivity contribution in [1.29, 1.82) is 0 Å². The molecule has 0 aliphatic carbocycles. The van der Waals surface area contributed by atoms with Gasteiger partial charge < -0.3 is 4.90 Å². The Bertz CT molecular complexity index is 317. The predicted molar refractivity (Wildman–Crippen MR) is 79.8 cm³/mol. The Labute approximate surface area is 116 Å². The summed E-state index contributed by atoms with van der Waals surface area (Å²) in [6.07, 6.45) is 3.11. The van der Waals surface area contributed by atoms with Crippen molar-refractivity contribution >= 4 is 17.7 Å². The third-order valence-electron chi connectivity index (χ3n) is 3.98. The lowest BCUT2D eigenvalue weighted by Gasteiger charge is -2.34.